The number of unbranched alkanes of at least 4 members (excludes halogenated alkanes) is 1. The summed E-state index contributed by atoms with van der Waals surface area (Å²) in [6, 6.07) is -0.748. The molecular formula is C42H80N4O4. The number of hydrogen-bond acceptors (Lipinski definition) is 7. The van der Waals surface area contributed by atoms with Crippen molar-refractivity contribution in [3.8, 4) is 0 Å². The fourth-order valence-electron chi connectivity index (χ4n) is 12.1. The smallest absolute Gasteiger partial charge is 0.407 e. The Hall–Kier alpha value is -0.930. The van der Waals surface area contributed by atoms with Gasteiger partial charge < -0.3 is 37.1 Å². The van der Waals surface area contributed by atoms with Gasteiger partial charge in [-0.15, -0.1) is 0 Å². The minimum Gasteiger partial charge on any atom is -0.446 e. The summed E-state index contributed by atoms with van der Waals surface area (Å²) in [5.74, 6) is 5.63. The topological polar surface area (TPSA) is 143 Å². The highest BCUT2D eigenvalue weighted by Gasteiger charge is 2.60. The van der Waals surface area contributed by atoms with Crippen LogP contribution < -0.4 is 22.1 Å². The van der Waals surface area contributed by atoms with Crippen LogP contribution in [0.4, 0.5) is 4.79 Å². The van der Waals surface area contributed by atoms with Crippen LogP contribution in [0.3, 0.4) is 0 Å². The molecule has 0 aromatic heterocycles. The number of carbonyl (C=O) groups excluding carboxylic acids is 1. The fourth-order valence-corrected chi connectivity index (χ4v) is 12.1. The Morgan fingerprint density at radius 3 is 2.24 bits per heavy atom. The van der Waals surface area contributed by atoms with Crippen LogP contribution in [-0.2, 0) is 4.74 Å². The Kier molecular flexibility index (Phi) is 16.7. The molecular weight excluding hydrogens is 624 g/mol. The van der Waals surface area contributed by atoms with Crippen LogP contribution in [0, 0.1) is 58.2 Å². The summed E-state index contributed by atoms with van der Waals surface area (Å²) in [5.41, 5.74) is 12.2. The van der Waals surface area contributed by atoms with E-state index in [1.54, 1.807) is 0 Å². The lowest BCUT2D eigenvalue weighted by atomic mass is 9.44. The second-order valence-corrected chi connectivity index (χ2v) is 18.5. The Morgan fingerprint density at radius 1 is 0.820 bits per heavy atom. The van der Waals surface area contributed by atoms with E-state index in [0.29, 0.717) is 29.8 Å². The van der Waals surface area contributed by atoms with Crippen molar-refractivity contribution in [3.05, 3.63) is 0 Å². The van der Waals surface area contributed by atoms with Gasteiger partial charge in [-0.3, -0.25) is 0 Å². The van der Waals surface area contributed by atoms with E-state index >= 15 is 0 Å². The third-order valence-corrected chi connectivity index (χ3v) is 15.0. The minimum absolute atomic E-state index is 0.0359. The Balaban J connectivity index is 1.27. The first kappa shape index (κ1) is 41.8. The molecule has 4 aliphatic carbocycles. The lowest BCUT2D eigenvalue weighted by Gasteiger charge is -2.61. The van der Waals surface area contributed by atoms with Crippen molar-refractivity contribution in [2.24, 2.45) is 69.6 Å². The van der Waals surface area contributed by atoms with Gasteiger partial charge in [-0.05, 0) is 174 Å². The van der Waals surface area contributed by atoms with Gasteiger partial charge in [0.25, 0.3) is 0 Å². The standard InChI is InChI=1S/C42H80N4O4/c1-29(2)11-8-12-30(3)35-17-18-36-34-16-15-32-27-33(19-21-41(32,4)37(34)20-22-42(35,36)5)50-40(49)46-38(28-47)39(48)31(14-9-23-43)13-6-7-25-45-26-10-24-44/h29-39,45,47-48H,6-28,43-44H2,1-5H3,(H,46,49). The number of fused-ring (bicyclic) bond motifs is 5. The Bertz CT molecular complexity index is 999. The molecule has 0 spiro atoms. The zero-order valence-corrected chi connectivity index (χ0v) is 33.0. The number of rotatable bonds is 21. The number of carbonyl (C=O) groups is 1. The van der Waals surface area contributed by atoms with Crippen LogP contribution in [-0.4, -0.2) is 67.3 Å². The summed E-state index contributed by atoms with van der Waals surface area (Å²) < 4.78 is 6.07. The van der Waals surface area contributed by atoms with E-state index in [2.05, 4.69) is 45.3 Å². The number of hydrogen-bond donors (Lipinski definition) is 6. The third-order valence-electron chi connectivity index (χ3n) is 15.0. The lowest BCUT2D eigenvalue weighted by molar-refractivity contribution is -0.130. The average molecular weight is 705 g/mol. The van der Waals surface area contributed by atoms with Crippen LogP contribution in [0.1, 0.15) is 150 Å². The number of nitrogens with one attached hydrogen (secondary N) is 2. The Morgan fingerprint density at radius 2 is 1.52 bits per heavy atom. The van der Waals surface area contributed by atoms with E-state index in [1.807, 2.05) is 0 Å². The van der Waals surface area contributed by atoms with Gasteiger partial charge in [0.1, 0.15) is 6.10 Å². The second-order valence-electron chi connectivity index (χ2n) is 18.5. The van der Waals surface area contributed by atoms with Crippen LogP contribution >= 0.6 is 0 Å². The van der Waals surface area contributed by atoms with Gasteiger partial charge in [0.05, 0.1) is 18.8 Å². The zero-order valence-electron chi connectivity index (χ0n) is 33.0. The summed E-state index contributed by atoms with van der Waals surface area (Å²) in [5, 5.41) is 27.8. The molecule has 8 heteroatoms. The number of aliphatic hydroxyl groups excluding tert-OH is 2. The normalized spacial score (nSPS) is 34.7. The highest BCUT2D eigenvalue weighted by atomic mass is 16.6. The van der Waals surface area contributed by atoms with Crippen LogP contribution in [0.15, 0.2) is 0 Å². The minimum atomic E-state index is -0.843. The number of amides is 1. The molecule has 0 aliphatic heterocycles. The maximum atomic E-state index is 13.2. The van der Waals surface area contributed by atoms with Gasteiger partial charge in [-0.2, -0.15) is 0 Å². The van der Waals surface area contributed by atoms with E-state index in [9.17, 15) is 15.0 Å². The average Bonchev–Trinajstić information content (AvgIpc) is 3.45. The first-order chi connectivity index (χ1) is 24.0. The molecule has 0 aromatic rings. The predicted molar refractivity (Wildman–Crippen MR) is 206 cm³/mol. The number of ether oxygens (including phenoxy) is 1. The number of alkyl carbamates (subject to hydrolysis) is 1. The van der Waals surface area contributed by atoms with Gasteiger partial charge in [0.2, 0.25) is 0 Å². The molecule has 8 nitrogen and oxygen atoms in total. The molecule has 4 saturated carbocycles. The van der Waals surface area contributed by atoms with Crippen molar-refractivity contribution in [1.82, 2.24) is 10.6 Å². The highest BCUT2D eigenvalue weighted by Crippen LogP contribution is 2.68. The maximum absolute atomic E-state index is 13.2. The molecule has 0 saturated heterocycles. The van der Waals surface area contributed by atoms with E-state index in [4.69, 9.17) is 16.2 Å². The fraction of sp³-hybridized carbons (Fsp3) is 0.976. The van der Waals surface area contributed by atoms with E-state index in [0.717, 1.165) is 106 Å². The van der Waals surface area contributed by atoms with Crippen molar-refractivity contribution < 1.29 is 19.7 Å². The summed E-state index contributed by atoms with van der Waals surface area (Å²) in [7, 11) is 0. The van der Waals surface area contributed by atoms with Crippen LogP contribution in [0.2, 0.25) is 0 Å². The van der Waals surface area contributed by atoms with Crippen molar-refractivity contribution in [2.75, 3.05) is 32.8 Å². The molecule has 12 atom stereocenters. The molecule has 12 unspecified atom stereocenters. The quantitative estimate of drug-likeness (QED) is 0.0685. The van der Waals surface area contributed by atoms with Crippen molar-refractivity contribution >= 4 is 6.09 Å². The summed E-state index contributed by atoms with van der Waals surface area (Å²) in [4.78, 5) is 13.2. The van der Waals surface area contributed by atoms with E-state index < -0.39 is 18.2 Å². The molecule has 50 heavy (non-hydrogen) atoms. The molecule has 4 fully saturated rings. The Labute approximate surface area is 306 Å². The van der Waals surface area contributed by atoms with Gasteiger partial charge >= 0.3 is 6.09 Å². The van der Waals surface area contributed by atoms with Crippen LogP contribution in [0.25, 0.3) is 0 Å². The van der Waals surface area contributed by atoms with Gasteiger partial charge in [-0.1, -0.05) is 60.3 Å². The molecule has 0 aromatic carbocycles. The van der Waals surface area contributed by atoms with Gasteiger partial charge in [-0.25, -0.2) is 4.79 Å². The first-order valence-corrected chi connectivity index (χ1v) is 21.3. The molecule has 0 radical (unpaired) electrons. The summed E-state index contributed by atoms with van der Waals surface area (Å²) >= 11 is 0. The zero-order chi connectivity index (χ0) is 36.3. The monoisotopic (exact) mass is 705 g/mol. The van der Waals surface area contributed by atoms with E-state index in [-0.39, 0.29) is 18.6 Å². The van der Waals surface area contributed by atoms with Gasteiger partial charge in [0, 0.05) is 0 Å². The number of aliphatic hydroxyl groups is 2. The van der Waals surface area contributed by atoms with E-state index in [1.165, 1.54) is 57.8 Å². The second kappa shape index (κ2) is 19.9. The maximum Gasteiger partial charge on any atom is 0.407 e. The first-order valence-electron chi connectivity index (χ1n) is 21.3. The SMILES string of the molecule is CC(C)CCCC(C)C1CCC2C3CCC4CC(OC(=O)NC(CO)C(O)C(CCCN)CCCCNCCCN)CCC4(C)C3CCC12C. The van der Waals surface area contributed by atoms with Crippen molar-refractivity contribution in [2.45, 2.75) is 168 Å². The third kappa shape index (κ3) is 10.4. The van der Waals surface area contributed by atoms with Crippen molar-refractivity contribution in [1.29, 1.82) is 0 Å². The molecule has 0 bridgehead atoms. The molecule has 4 rings (SSSR count). The molecule has 1 amide bonds. The van der Waals surface area contributed by atoms with Crippen LogP contribution in [0.5, 0.6) is 0 Å². The molecule has 0 heterocycles. The lowest BCUT2D eigenvalue weighted by Crippen LogP contribution is -2.55. The largest absolute Gasteiger partial charge is 0.446 e. The summed E-state index contributed by atoms with van der Waals surface area (Å²) in [6.07, 6.45) is 19.3. The van der Waals surface area contributed by atoms with Gasteiger partial charge in [0.15, 0.2) is 0 Å². The highest BCUT2D eigenvalue weighted by molar-refractivity contribution is 5.68. The summed E-state index contributed by atoms with van der Waals surface area (Å²) in [6.45, 7) is 15.3. The predicted octanol–water partition coefficient (Wildman–Crippen LogP) is 7.39. The molecule has 292 valence electrons. The number of nitrogens with two attached hydrogens (primary N) is 2. The van der Waals surface area contributed by atoms with Crippen molar-refractivity contribution in [3.63, 3.8) is 0 Å². The molecule has 4 aliphatic rings. The molecule has 8 N–H and O–H groups in total.